The van der Waals surface area contributed by atoms with Crippen molar-refractivity contribution in [2.45, 2.75) is 0 Å². The summed E-state index contributed by atoms with van der Waals surface area (Å²) in [5.74, 6) is -1.94. The molecule has 0 saturated heterocycles. The molecule has 0 saturated carbocycles. The van der Waals surface area contributed by atoms with Gasteiger partial charge in [-0.3, -0.25) is 19.7 Å². The van der Waals surface area contributed by atoms with E-state index in [9.17, 15) is 19.7 Å². The van der Waals surface area contributed by atoms with Gasteiger partial charge in [0.05, 0.1) is 37.0 Å². The molecule has 0 fully saturated rings. The number of ether oxygens (including phenoxy) is 1. The number of nitro groups is 1. The van der Waals surface area contributed by atoms with Gasteiger partial charge in [0.1, 0.15) is 5.75 Å². The molecule has 2 amide bonds. The molecular formula is C13H17N3O7. The third-order valence-corrected chi connectivity index (χ3v) is 2.87. The molecule has 0 aliphatic rings. The van der Waals surface area contributed by atoms with Gasteiger partial charge >= 0.3 is 11.8 Å². The normalized spacial score (nSPS) is 10.0. The summed E-state index contributed by atoms with van der Waals surface area (Å²) in [5.41, 5.74) is -0.141. The maximum atomic E-state index is 11.9. The van der Waals surface area contributed by atoms with Gasteiger partial charge in [0, 0.05) is 19.2 Å². The molecule has 0 heterocycles. The van der Waals surface area contributed by atoms with Gasteiger partial charge in [-0.05, 0) is 6.07 Å². The van der Waals surface area contributed by atoms with Gasteiger partial charge in [-0.25, -0.2) is 0 Å². The molecule has 0 spiro atoms. The highest BCUT2D eigenvalue weighted by Crippen LogP contribution is 2.28. The maximum Gasteiger partial charge on any atom is 0.314 e. The van der Waals surface area contributed by atoms with Crippen LogP contribution in [0.15, 0.2) is 18.2 Å². The Kier molecular flexibility index (Phi) is 6.90. The van der Waals surface area contributed by atoms with Gasteiger partial charge in [-0.2, -0.15) is 0 Å². The number of anilines is 1. The highest BCUT2D eigenvalue weighted by Gasteiger charge is 2.23. The molecule has 1 aromatic rings. The summed E-state index contributed by atoms with van der Waals surface area (Å²) in [6, 6.07) is 3.51. The first-order valence-electron chi connectivity index (χ1n) is 6.59. The first kappa shape index (κ1) is 18.3. The van der Waals surface area contributed by atoms with Crippen molar-refractivity contribution >= 4 is 23.2 Å². The van der Waals surface area contributed by atoms with Crippen LogP contribution in [-0.2, 0) is 9.59 Å². The van der Waals surface area contributed by atoms with Crippen molar-refractivity contribution in [1.82, 2.24) is 4.90 Å². The molecule has 126 valence electrons. The van der Waals surface area contributed by atoms with Gasteiger partial charge in [0.25, 0.3) is 5.69 Å². The topological polar surface area (TPSA) is 142 Å². The molecule has 3 N–H and O–H groups in total. The lowest BCUT2D eigenvalue weighted by Crippen LogP contribution is -2.42. The van der Waals surface area contributed by atoms with Crippen molar-refractivity contribution in [3.8, 4) is 5.75 Å². The molecule has 0 aliphatic carbocycles. The van der Waals surface area contributed by atoms with Crippen molar-refractivity contribution in [3.63, 3.8) is 0 Å². The molecule has 1 aromatic carbocycles. The van der Waals surface area contributed by atoms with Gasteiger partial charge < -0.3 is 25.2 Å². The zero-order chi connectivity index (χ0) is 17.4. The Morgan fingerprint density at radius 3 is 2.39 bits per heavy atom. The average Bonchev–Trinajstić information content (AvgIpc) is 2.54. The number of aliphatic hydroxyl groups excluding tert-OH is 2. The fourth-order valence-corrected chi connectivity index (χ4v) is 1.77. The van der Waals surface area contributed by atoms with Crippen LogP contribution in [0, 0.1) is 10.1 Å². The molecule has 0 aromatic heterocycles. The van der Waals surface area contributed by atoms with Crippen LogP contribution in [0.25, 0.3) is 0 Å². The number of carbonyl (C=O) groups excluding carboxylic acids is 2. The van der Waals surface area contributed by atoms with Crippen molar-refractivity contribution in [1.29, 1.82) is 0 Å². The third kappa shape index (κ3) is 4.90. The number of rotatable bonds is 7. The second-order valence-corrected chi connectivity index (χ2v) is 4.34. The number of nitrogens with one attached hydrogen (secondary N) is 1. The highest BCUT2D eigenvalue weighted by molar-refractivity contribution is 6.39. The van der Waals surface area contributed by atoms with E-state index >= 15 is 0 Å². The number of methoxy groups -OCH3 is 1. The lowest BCUT2D eigenvalue weighted by Gasteiger charge is -2.20. The number of nitrogens with zero attached hydrogens (tertiary/aromatic N) is 2. The van der Waals surface area contributed by atoms with Crippen LogP contribution in [0.5, 0.6) is 5.75 Å². The summed E-state index contributed by atoms with van der Waals surface area (Å²) in [5, 5.41) is 30.7. The molecule has 0 bridgehead atoms. The number of carbonyl (C=O) groups is 2. The van der Waals surface area contributed by atoms with Crippen LogP contribution in [0.2, 0.25) is 0 Å². The molecule has 1 rings (SSSR count). The van der Waals surface area contributed by atoms with Crippen LogP contribution in [0.1, 0.15) is 0 Å². The van der Waals surface area contributed by atoms with Crippen LogP contribution < -0.4 is 10.1 Å². The smallest absolute Gasteiger partial charge is 0.314 e. The van der Waals surface area contributed by atoms with E-state index in [0.29, 0.717) is 0 Å². The Bertz CT molecular complexity index is 585. The summed E-state index contributed by atoms with van der Waals surface area (Å²) in [6.45, 7) is -0.936. The number of amides is 2. The largest absolute Gasteiger partial charge is 0.494 e. The lowest BCUT2D eigenvalue weighted by atomic mass is 10.2. The van der Waals surface area contributed by atoms with E-state index in [1.54, 1.807) is 0 Å². The number of hydrogen-bond donors (Lipinski definition) is 3. The molecule has 0 radical (unpaired) electrons. The standard InChI is InChI=1S/C13H17N3O7/c1-23-11-8-9(16(21)22)2-3-10(11)14-12(19)13(20)15(4-6-17)5-7-18/h2-3,8,17-18H,4-7H2,1H3,(H,14,19). The van der Waals surface area contributed by atoms with Crippen molar-refractivity contribution < 1.29 is 29.5 Å². The summed E-state index contributed by atoms with van der Waals surface area (Å²) < 4.78 is 4.95. The minimum Gasteiger partial charge on any atom is -0.494 e. The zero-order valence-corrected chi connectivity index (χ0v) is 12.4. The van der Waals surface area contributed by atoms with E-state index in [-0.39, 0.29) is 43.4 Å². The van der Waals surface area contributed by atoms with Gasteiger partial charge in [-0.15, -0.1) is 0 Å². The number of non-ortho nitro benzene ring substituents is 1. The second kappa shape index (κ2) is 8.66. The minimum absolute atomic E-state index is 0.0243. The lowest BCUT2D eigenvalue weighted by molar-refractivity contribution is -0.384. The van der Waals surface area contributed by atoms with Crippen LogP contribution >= 0.6 is 0 Å². The van der Waals surface area contributed by atoms with Crippen molar-refractivity contribution in [2.75, 3.05) is 38.7 Å². The minimum atomic E-state index is -1.01. The fraction of sp³-hybridized carbons (Fsp3) is 0.385. The Labute approximate surface area is 131 Å². The molecule has 0 aliphatic heterocycles. The molecule has 0 unspecified atom stereocenters. The van der Waals surface area contributed by atoms with Crippen LogP contribution in [0.4, 0.5) is 11.4 Å². The third-order valence-electron chi connectivity index (χ3n) is 2.87. The second-order valence-electron chi connectivity index (χ2n) is 4.34. The fourth-order valence-electron chi connectivity index (χ4n) is 1.77. The number of nitro benzene ring substituents is 1. The van der Waals surface area contributed by atoms with Gasteiger partial charge in [-0.1, -0.05) is 0 Å². The van der Waals surface area contributed by atoms with E-state index in [0.717, 1.165) is 17.0 Å². The van der Waals surface area contributed by atoms with E-state index in [1.165, 1.54) is 13.2 Å². The Balaban J connectivity index is 2.91. The Morgan fingerprint density at radius 1 is 1.30 bits per heavy atom. The maximum absolute atomic E-state index is 11.9. The summed E-state index contributed by atoms with van der Waals surface area (Å²) in [7, 11) is 1.26. The van der Waals surface area contributed by atoms with E-state index in [2.05, 4.69) is 5.32 Å². The van der Waals surface area contributed by atoms with Crippen molar-refractivity contribution in [3.05, 3.63) is 28.3 Å². The first-order valence-corrected chi connectivity index (χ1v) is 6.59. The monoisotopic (exact) mass is 327 g/mol. The summed E-state index contributed by atoms with van der Waals surface area (Å²) in [6.07, 6.45) is 0. The number of hydrogen-bond acceptors (Lipinski definition) is 7. The van der Waals surface area contributed by atoms with E-state index in [4.69, 9.17) is 14.9 Å². The molecule has 10 heteroatoms. The van der Waals surface area contributed by atoms with E-state index < -0.39 is 16.7 Å². The predicted octanol–water partition coefficient (Wildman–Crippen LogP) is -0.645. The SMILES string of the molecule is COc1cc([N+](=O)[O-])ccc1NC(=O)C(=O)N(CCO)CCO. The molecule has 23 heavy (non-hydrogen) atoms. The van der Waals surface area contributed by atoms with Gasteiger partial charge in [0.2, 0.25) is 0 Å². The quantitative estimate of drug-likeness (QED) is 0.343. The highest BCUT2D eigenvalue weighted by atomic mass is 16.6. The van der Waals surface area contributed by atoms with Gasteiger partial charge in [0.15, 0.2) is 0 Å². The van der Waals surface area contributed by atoms with Crippen LogP contribution in [-0.4, -0.2) is 65.3 Å². The Hall–Kier alpha value is -2.72. The summed E-state index contributed by atoms with van der Waals surface area (Å²) >= 11 is 0. The zero-order valence-electron chi connectivity index (χ0n) is 12.4. The number of benzene rings is 1. The predicted molar refractivity (Wildman–Crippen MR) is 79.0 cm³/mol. The molecule has 10 nitrogen and oxygen atoms in total. The number of aliphatic hydroxyl groups is 2. The average molecular weight is 327 g/mol. The first-order chi connectivity index (χ1) is 10.9. The Morgan fingerprint density at radius 2 is 1.91 bits per heavy atom. The van der Waals surface area contributed by atoms with Crippen LogP contribution in [0.3, 0.4) is 0 Å². The van der Waals surface area contributed by atoms with E-state index in [1.807, 2.05) is 0 Å². The molecular weight excluding hydrogens is 310 g/mol. The summed E-state index contributed by atoms with van der Waals surface area (Å²) in [4.78, 5) is 34.9. The molecule has 0 atom stereocenters. The van der Waals surface area contributed by atoms with Crippen molar-refractivity contribution in [2.24, 2.45) is 0 Å².